The number of nitrogens with zero attached hydrogens (tertiary/aromatic N) is 1. The number of hydrogen-bond acceptors (Lipinski definition) is 9. The number of benzene rings is 4. The van der Waals surface area contributed by atoms with Gasteiger partial charge in [-0.05, 0) is 93.8 Å². The summed E-state index contributed by atoms with van der Waals surface area (Å²) in [5.74, 6) is -3.04. The van der Waals surface area contributed by atoms with E-state index in [2.05, 4.69) is 16.0 Å². The van der Waals surface area contributed by atoms with Gasteiger partial charge < -0.3 is 30.3 Å². The highest BCUT2D eigenvalue weighted by molar-refractivity contribution is 8.00. The first kappa shape index (κ1) is 43.6. The molecule has 310 valence electrons. The third-order valence-electron chi connectivity index (χ3n) is 8.93. The average molecular weight is 869 g/mol. The maximum absolute atomic E-state index is 14.9. The summed E-state index contributed by atoms with van der Waals surface area (Å²) in [6.45, 7) is 7.73. The van der Waals surface area contributed by atoms with Gasteiger partial charge in [-0.3, -0.25) is 14.4 Å². The SMILES string of the molecule is CCOC(=O)c1c(NC(=O)C(Sc2cccc(NC(=O)/C(=C\c3c(F)cccc3Cl)NC(=O)c3ccccc3)c2)c2ccccc2)sc2c1CCN(C(=O)OC(C)(C)C)C2. The number of halogens is 2. The average Bonchev–Trinajstić information content (AvgIpc) is 3.58. The van der Waals surface area contributed by atoms with Crippen molar-refractivity contribution < 1.29 is 37.8 Å². The minimum atomic E-state index is -0.839. The van der Waals surface area contributed by atoms with E-state index in [0.29, 0.717) is 39.7 Å². The minimum absolute atomic E-state index is 0.0396. The molecule has 0 spiro atoms. The molecule has 1 aliphatic heterocycles. The largest absolute Gasteiger partial charge is 0.462 e. The van der Waals surface area contributed by atoms with Crippen molar-refractivity contribution in [1.82, 2.24) is 10.2 Å². The maximum Gasteiger partial charge on any atom is 0.410 e. The second-order valence-corrected chi connectivity index (χ2v) is 17.2. The van der Waals surface area contributed by atoms with Gasteiger partial charge in [0, 0.05) is 33.1 Å². The molecule has 4 aromatic carbocycles. The van der Waals surface area contributed by atoms with Crippen molar-refractivity contribution >= 4 is 81.2 Å². The summed E-state index contributed by atoms with van der Waals surface area (Å²) in [6, 6.07) is 28.2. The Kier molecular flexibility index (Phi) is 14.1. The summed E-state index contributed by atoms with van der Waals surface area (Å²) >= 11 is 8.70. The number of amides is 4. The smallest absolute Gasteiger partial charge is 0.410 e. The Bertz CT molecular complexity index is 2420. The lowest BCUT2D eigenvalue weighted by Gasteiger charge is -2.30. The van der Waals surface area contributed by atoms with E-state index in [0.717, 1.165) is 4.88 Å². The first-order valence-electron chi connectivity index (χ1n) is 19.0. The number of thioether (sulfide) groups is 1. The number of carbonyl (C=O) groups excluding carboxylic acids is 5. The fraction of sp³-hybridized carbons (Fsp3) is 0.222. The molecular formula is C45H42ClFN4O7S2. The van der Waals surface area contributed by atoms with Crippen LogP contribution >= 0.6 is 34.7 Å². The van der Waals surface area contributed by atoms with Gasteiger partial charge in [0.05, 0.1) is 23.7 Å². The van der Waals surface area contributed by atoms with Crippen molar-refractivity contribution in [1.29, 1.82) is 0 Å². The van der Waals surface area contributed by atoms with Crippen molar-refractivity contribution in [2.24, 2.45) is 0 Å². The highest BCUT2D eigenvalue weighted by atomic mass is 35.5. The van der Waals surface area contributed by atoms with Crippen molar-refractivity contribution in [3.05, 3.63) is 152 Å². The third kappa shape index (κ3) is 11.0. The van der Waals surface area contributed by atoms with Crippen LogP contribution in [0.25, 0.3) is 6.08 Å². The van der Waals surface area contributed by atoms with Crippen LogP contribution in [-0.4, -0.2) is 53.4 Å². The van der Waals surface area contributed by atoms with Gasteiger partial charge in [0.1, 0.15) is 27.4 Å². The van der Waals surface area contributed by atoms with Gasteiger partial charge >= 0.3 is 12.1 Å². The molecule has 1 unspecified atom stereocenters. The number of rotatable bonds is 12. The van der Waals surface area contributed by atoms with Gasteiger partial charge in [-0.25, -0.2) is 14.0 Å². The topological polar surface area (TPSA) is 143 Å². The Morgan fingerprint density at radius 2 is 1.63 bits per heavy atom. The summed E-state index contributed by atoms with van der Waals surface area (Å²) in [6.07, 6.45) is 1.07. The molecule has 0 saturated carbocycles. The molecule has 0 saturated heterocycles. The summed E-state index contributed by atoms with van der Waals surface area (Å²) in [5, 5.41) is 7.87. The van der Waals surface area contributed by atoms with E-state index >= 15 is 0 Å². The highest BCUT2D eigenvalue weighted by Crippen LogP contribution is 2.41. The van der Waals surface area contributed by atoms with Gasteiger partial charge in [-0.15, -0.1) is 23.1 Å². The van der Waals surface area contributed by atoms with E-state index in [1.54, 1.807) is 87.2 Å². The Labute approximate surface area is 360 Å². The molecule has 0 aliphatic carbocycles. The monoisotopic (exact) mass is 868 g/mol. The van der Waals surface area contributed by atoms with Crippen molar-refractivity contribution in [2.75, 3.05) is 23.8 Å². The normalized spacial score (nSPS) is 13.1. The number of fused-ring (bicyclic) bond motifs is 1. The molecule has 0 fully saturated rings. The summed E-state index contributed by atoms with van der Waals surface area (Å²) in [5.41, 5.74) is 1.20. The molecule has 0 bridgehead atoms. The van der Waals surface area contributed by atoms with Crippen LogP contribution in [0.15, 0.2) is 114 Å². The maximum atomic E-state index is 14.9. The fourth-order valence-corrected chi connectivity index (χ4v) is 8.74. The first-order chi connectivity index (χ1) is 28.7. The molecule has 2 heterocycles. The lowest BCUT2D eigenvalue weighted by molar-refractivity contribution is -0.116. The minimum Gasteiger partial charge on any atom is -0.462 e. The van der Waals surface area contributed by atoms with Crippen LogP contribution in [-0.2, 0) is 32.0 Å². The molecule has 11 nitrogen and oxygen atoms in total. The highest BCUT2D eigenvalue weighted by Gasteiger charge is 2.34. The zero-order chi connectivity index (χ0) is 43.0. The van der Waals surface area contributed by atoms with Gasteiger partial charge in [-0.2, -0.15) is 0 Å². The molecule has 0 radical (unpaired) electrons. The number of ether oxygens (including phenoxy) is 2. The molecule has 15 heteroatoms. The van der Waals surface area contributed by atoms with Crippen LogP contribution in [0, 0.1) is 5.82 Å². The van der Waals surface area contributed by atoms with Gasteiger partial charge in [0.25, 0.3) is 11.8 Å². The second kappa shape index (κ2) is 19.4. The summed E-state index contributed by atoms with van der Waals surface area (Å²) < 4.78 is 25.9. The molecule has 6 rings (SSSR count). The molecule has 1 aliphatic rings. The number of nitrogens with one attached hydrogen (secondary N) is 3. The van der Waals surface area contributed by atoms with E-state index < -0.39 is 46.5 Å². The Hall–Kier alpha value is -5.96. The zero-order valence-electron chi connectivity index (χ0n) is 33.2. The van der Waals surface area contributed by atoms with E-state index in [4.69, 9.17) is 21.1 Å². The quantitative estimate of drug-likeness (QED) is 0.0639. The van der Waals surface area contributed by atoms with E-state index in [1.165, 1.54) is 47.4 Å². The Morgan fingerprint density at radius 1 is 0.933 bits per heavy atom. The number of hydrogen-bond donors (Lipinski definition) is 3. The summed E-state index contributed by atoms with van der Waals surface area (Å²) in [7, 11) is 0. The first-order valence-corrected chi connectivity index (χ1v) is 21.0. The van der Waals surface area contributed by atoms with Crippen LogP contribution in [0.2, 0.25) is 5.02 Å². The van der Waals surface area contributed by atoms with Crippen molar-refractivity contribution in [3.63, 3.8) is 0 Å². The van der Waals surface area contributed by atoms with Gasteiger partial charge in [0.2, 0.25) is 5.91 Å². The van der Waals surface area contributed by atoms with Crippen LogP contribution in [0.4, 0.5) is 19.9 Å². The molecule has 1 atom stereocenters. The number of thiophene rings is 1. The van der Waals surface area contributed by atoms with E-state index in [-0.39, 0.29) is 40.6 Å². The second-order valence-electron chi connectivity index (χ2n) is 14.5. The number of esters is 1. The number of carbonyl (C=O) groups is 5. The van der Waals surface area contributed by atoms with E-state index in [9.17, 15) is 28.4 Å². The van der Waals surface area contributed by atoms with Crippen LogP contribution < -0.4 is 16.0 Å². The molecule has 4 amide bonds. The molecule has 3 N–H and O–H groups in total. The fourth-order valence-electron chi connectivity index (χ4n) is 6.19. The predicted octanol–water partition coefficient (Wildman–Crippen LogP) is 9.89. The lowest BCUT2D eigenvalue weighted by Crippen LogP contribution is -2.39. The van der Waals surface area contributed by atoms with Crippen molar-refractivity contribution in [3.8, 4) is 0 Å². The third-order valence-corrected chi connectivity index (χ3v) is 11.6. The zero-order valence-corrected chi connectivity index (χ0v) is 35.6. The summed E-state index contributed by atoms with van der Waals surface area (Å²) in [4.78, 5) is 70.6. The molecule has 5 aromatic rings. The van der Waals surface area contributed by atoms with E-state index in [1.807, 2.05) is 30.3 Å². The Morgan fingerprint density at radius 3 is 2.32 bits per heavy atom. The van der Waals surface area contributed by atoms with Crippen LogP contribution in [0.5, 0.6) is 0 Å². The number of anilines is 2. The molecule has 60 heavy (non-hydrogen) atoms. The molecular weight excluding hydrogens is 827 g/mol. The van der Waals surface area contributed by atoms with Gasteiger partial charge in [-0.1, -0.05) is 72.3 Å². The van der Waals surface area contributed by atoms with Crippen LogP contribution in [0.3, 0.4) is 0 Å². The predicted molar refractivity (Wildman–Crippen MR) is 233 cm³/mol. The lowest BCUT2D eigenvalue weighted by atomic mass is 10.0. The van der Waals surface area contributed by atoms with Crippen molar-refractivity contribution in [2.45, 2.75) is 56.4 Å². The standard InChI is InChI=1S/C45H42ClFN4O7S2/c1-5-57-43(55)37-31-22-23-51(44(56)58-45(2,3)4)26-36(31)60-42(37)50-41(54)38(27-14-8-6-9-15-27)59-30-19-12-18-29(24-30)48-40(53)35(25-32-33(46)20-13-21-34(32)47)49-39(52)28-16-10-7-11-17-28/h6-21,24-25,38H,5,22-23,26H2,1-4H3,(H,48,53)(H,49,52)(H,50,54)/b35-25+. The van der Waals surface area contributed by atoms with Crippen LogP contribution in [0.1, 0.15) is 75.2 Å². The molecule has 1 aromatic heterocycles. The Balaban J connectivity index is 1.26. The van der Waals surface area contributed by atoms with Gasteiger partial charge in [0.15, 0.2) is 0 Å².